The fourth-order valence-electron chi connectivity index (χ4n) is 0.866. The van der Waals surface area contributed by atoms with Crippen molar-refractivity contribution in [2.75, 3.05) is 5.73 Å². The smallest absolute Gasteiger partial charge is 0.270 e. The largest absolute Gasteiger partial charge is 0.399 e. The summed E-state index contributed by atoms with van der Waals surface area (Å²) in [7, 11) is 0. The molecule has 0 aliphatic rings. The molecule has 0 aliphatic carbocycles. The number of hydrogen-bond donors (Lipinski definition) is 1. The Balaban J connectivity index is 3.18. The van der Waals surface area contributed by atoms with Crippen molar-refractivity contribution in [2.45, 2.75) is 12.8 Å². The van der Waals surface area contributed by atoms with Crippen molar-refractivity contribution < 1.29 is 8.78 Å². The SMILES string of the molecule is CC(F)(F)c1cc(N)cc(Cl)c1. The van der Waals surface area contributed by atoms with Gasteiger partial charge in [0.05, 0.1) is 0 Å². The predicted octanol–water partition coefficient (Wildman–Crippen LogP) is 3.03. The molecular formula is C8H8ClF2N. The number of halogens is 3. The van der Waals surface area contributed by atoms with Crippen LogP contribution in [0.25, 0.3) is 0 Å². The van der Waals surface area contributed by atoms with Gasteiger partial charge in [0.15, 0.2) is 0 Å². The molecule has 4 heteroatoms. The normalized spacial score (nSPS) is 11.7. The number of nitrogens with two attached hydrogens (primary N) is 1. The van der Waals surface area contributed by atoms with Crippen molar-refractivity contribution in [1.82, 2.24) is 0 Å². The fraction of sp³-hybridized carbons (Fsp3) is 0.250. The molecule has 0 heterocycles. The van der Waals surface area contributed by atoms with Gasteiger partial charge in [-0.1, -0.05) is 11.6 Å². The highest BCUT2D eigenvalue weighted by Crippen LogP contribution is 2.30. The lowest BCUT2D eigenvalue weighted by molar-refractivity contribution is 0.0175. The van der Waals surface area contributed by atoms with Gasteiger partial charge in [-0.3, -0.25) is 0 Å². The first-order chi connectivity index (χ1) is 5.39. The Hall–Kier alpha value is -0.830. The van der Waals surface area contributed by atoms with Crippen LogP contribution >= 0.6 is 11.6 Å². The molecule has 0 bridgehead atoms. The number of rotatable bonds is 1. The zero-order valence-corrected chi connectivity index (χ0v) is 7.20. The molecule has 0 fully saturated rings. The second-order valence-corrected chi connectivity index (χ2v) is 3.10. The molecule has 0 unspecified atom stereocenters. The van der Waals surface area contributed by atoms with Gasteiger partial charge in [0.2, 0.25) is 0 Å². The second kappa shape index (κ2) is 2.90. The van der Waals surface area contributed by atoms with Gasteiger partial charge in [-0.15, -0.1) is 0 Å². The van der Waals surface area contributed by atoms with E-state index in [1.165, 1.54) is 18.2 Å². The molecule has 0 spiro atoms. The maximum Gasteiger partial charge on any atom is 0.270 e. The van der Waals surface area contributed by atoms with E-state index < -0.39 is 5.92 Å². The van der Waals surface area contributed by atoms with Gasteiger partial charge in [-0.2, -0.15) is 0 Å². The molecule has 2 N–H and O–H groups in total. The van der Waals surface area contributed by atoms with Crippen LogP contribution in [-0.2, 0) is 5.92 Å². The Kier molecular flexibility index (Phi) is 2.24. The second-order valence-electron chi connectivity index (χ2n) is 2.66. The van der Waals surface area contributed by atoms with Gasteiger partial charge in [-0.25, -0.2) is 8.78 Å². The minimum absolute atomic E-state index is 0.160. The van der Waals surface area contributed by atoms with Crippen molar-refractivity contribution in [1.29, 1.82) is 0 Å². The van der Waals surface area contributed by atoms with Crippen LogP contribution in [0, 0.1) is 0 Å². The molecule has 0 amide bonds. The molecule has 0 atom stereocenters. The van der Waals surface area contributed by atoms with Gasteiger partial charge in [0.25, 0.3) is 5.92 Å². The number of alkyl halides is 2. The average Bonchev–Trinajstić information content (AvgIpc) is 1.82. The van der Waals surface area contributed by atoms with Crippen LogP contribution in [0.4, 0.5) is 14.5 Å². The minimum atomic E-state index is -2.89. The van der Waals surface area contributed by atoms with Gasteiger partial charge < -0.3 is 5.73 Å². The Labute approximate surface area is 74.1 Å². The first-order valence-corrected chi connectivity index (χ1v) is 3.72. The van der Waals surface area contributed by atoms with Gasteiger partial charge in [-0.05, 0) is 18.2 Å². The van der Waals surface area contributed by atoms with Crippen LogP contribution in [0.3, 0.4) is 0 Å². The molecule has 1 aromatic carbocycles. The van der Waals surface area contributed by atoms with Gasteiger partial charge in [0, 0.05) is 23.2 Å². The summed E-state index contributed by atoms with van der Waals surface area (Å²) in [6, 6.07) is 3.85. The molecule has 0 aromatic heterocycles. The van der Waals surface area contributed by atoms with E-state index in [1.807, 2.05) is 0 Å². The number of hydrogen-bond acceptors (Lipinski definition) is 1. The number of benzene rings is 1. The standard InChI is InChI=1S/C8H8ClF2N/c1-8(10,11)5-2-6(9)4-7(12)3-5/h2-4H,12H2,1H3. The molecule has 1 nitrogen and oxygen atoms in total. The van der Waals surface area contributed by atoms with Crippen LogP contribution in [-0.4, -0.2) is 0 Å². The third-order valence-corrected chi connectivity index (χ3v) is 1.65. The minimum Gasteiger partial charge on any atom is -0.399 e. The van der Waals surface area contributed by atoms with Crippen LogP contribution < -0.4 is 5.73 Å². The van der Waals surface area contributed by atoms with E-state index in [0.29, 0.717) is 0 Å². The quantitative estimate of drug-likeness (QED) is 0.679. The summed E-state index contributed by atoms with van der Waals surface area (Å²) in [6.07, 6.45) is 0. The Morgan fingerprint density at radius 1 is 1.33 bits per heavy atom. The summed E-state index contributed by atoms with van der Waals surface area (Å²) in [6.45, 7) is 0.804. The lowest BCUT2D eigenvalue weighted by Gasteiger charge is -2.11. The van der Waals surface area contributed by atoms with Crippen molar-refractivity contribution in [3.05, 3.63) is 28.8 Å². The first-order valence-electron chi connectivity index (χ1n) is 3.34. The van der Waals surface area contributed by atoms with Crippen LogP contribution in [0.1, 0.15) is 12.5 Å². The molecule has 0 radical (unpaired) electrons. The molecule has 0 saturated heterocycles. The van der Waals surface area contributed by atoms with Crippen molar-refractivity contribution in [3.8, 4) is 0 Å². The van der Waals surface area contributed by atoms with Gasteiger partial charge in [0.1, 0.15) is 0 Å². The van der Waals surface area contributed by atoms with E-state index in [4.69, 9.17) is 17.3 Å². The first kappa shape index (κ1) is 9.26. The molecular weight excluding hydrogens is 184 g/mol. The third-order valence-electron chi connectivity index (χ3n) is 1.43. The predicted molar refractivity (Wildman–Crippen MR) is 45.4 cm³/mol. The van der Waals surface area contributed by atoms with E-state index in [2.05, 4.69) is 0 Å². The van der Waals surface area contributed by atoms with E-state index in [-0.39, 0.29) is 16.3 Å². The maximum atomic E-state index is 12.7. The summed E-state index contributed by atoms with van der Waals surface area (Å²) >= 11 is 5.54. The molecule has 12 heavy (non-hydrogen) atoms. The Morgan fingerprint density at radius 2 is 1.92 bits per heavy atom. The van der Waals surface area contributed by atoms with E-state index in [9.17, 15) is 8.78 Å². The number of anilines is 1. The van der Waals surface area contributed by atoms with Crippen LogP contribution in [0.5, 0.6) is 0 Å². The van der Waals surface area contributed by atoms with E-state index >= 15 is 0 Å². The summed E-state index contributed by atoms with van der Waals surface area (Å²) in [4.78, 5) is 0. The van der Waals surface area contributed by atoms with Crippen LogP contribution in [0.2, 0.25) is 5.02 Å². The summed E-state index contributed by atoms with van der Waals surface area (Å²) < 4.78 is 25.4. The molecule has 0 aliphatic heterocycles. The Morgan fingerprint density at radius 3 is 2.33 bits per heavy atom. The zero-order chi connectivity index (χ0) is 9.35. The van der Waals surface area contributed by atoms with E-state index in [1.54, 1.807) is 0 Å². The summed E-state index contributed by atoms with van der Waals surface area (Å²) in [5.74, 6) is -2.89. The molecule has 1 rings (SSSR count). The summed E-state index contributed by atoms with van der Waals surface area (Å²) in [5, 5.41) is 0.228. The monoisotopic (exact) mass is 191 g/mol. The lowest BCUT2D eigenvalue weighted by Crippen LogP contribution is -2.07. The average molecular weight is 192 g/mol. The maximum absolute atomic E-state index is 12.7. The number of nitrogen functional groups attached to an aromatic ring is 1. The highest BCUT2D eigenvalue weighted by Gasteiger charge is 2.24. The highest BCUT2D eigenvalue weighted by atomic mass is 35.5. The fourth-order valence-corrected chi connectivity index (χ4v) is 1.11. The van der Waals surface area contributed by atoms with Crippen molar-refractivity contribution in [2.24, 2.45) is 0 Å². The van der Waals surface area contributed by atoms with Gasteiger partial charge >= 0.3 is 0 Å². The third kappa shape index (κ3) is 2.08. The molecule has 0 saturated carbocycles. The van der Waals surface area contributed by atoms with Crippen LogP contribution in [0.15, 0.2) is 18.2 Å². The van der Waals surface area contributed by atoms with Crippen molar-refractivity contribution in [3.63, 3.8) is 0 Å². The molecule has 66 valence electrons. The highest BCUT2D eigenvalue weighted by molar-refractivity contribution is 6.30. The summed E-state index contributed by atoms with van der Waals surface area (Å²) in [5.41, 5.74) is 5.43. The van der Waals surface area contributed by atoms with Crippen molar-refractivity contribution >= 4 is 17.3 Å². The lowest BCUT2D eigenvalue weighted by atomic mass is 10.1. The zero-order valence-electron chi connectivity index (χ0n) is 6.44. The topological polar surface area (TPSA) is 26.0 Å². The Bertz CT molecular complexity index is 273. The molecule has 1 aromatic rings. The van der Waals surface area contributed by atoms with E-state index in [0.717, 1.165) is 6.92 Å².